The first-order chi connectivity index (χ1) is 12.2. The van der Waals surface area contributed by atoms with Gasteiger partial charge in [0, 0.05) is 17.4 Å². The number of carbonyl (C=O) groups excluding carboxylic acids is 1. The van der Waals surface area contributed by atoms with E-state index in [1.165, 1.54) is 6.20 Å². The van der Waals surface area contributed by atoms with Gasteiger partial charge in [-0.05, 0) is 54.1 Å². The molecule has 0 saturated carbocycles. The predicted octanol–water partition coefficient (Wildman–Crippen LogP) is 4.29. The average Bonchev–Trinajstić information content (AvgIpc) is 2.65. The molecular formula is C19H14ClN3O2. The van der Waals surface area contributed by atoms with Crippen LogP contribution in [0.4, 0.5) is 0 Å². The lowest BCUT2D eigenvalue weighted by Gasteiger charge is -2.06. The van der Waals surface area contributed by atoms with E-state index >= 15 is 0 Å². The van der Waals surface area contributed by atoms with Gasteiger partial charge in [0.25, 0.3) is 5.91 Å². The highest BCUT2D eigenvalue weighted by Crippen LogP contribution is 2.23. The van der Waals surface area contributed by atoms with Crippen LogP contribution in [0.3, 0.4) is 0 Å². The third-order valence-electron chi connectivity index (χ3n) is 3.21. The largest absolute Gasteiger partial charge is 0.457 e. The van der Waals surface area contributed by atoms with Gasteiger partial charge in [-0.15, -0.1) is 0 Å². The third kappa shape index (κ3) is 4.89. The number of carbonyl (C=O) groups is 1. The fourth-order valence-electron chi connectivity index (χ4n) is 2.02. The highest BCUT2D eigenvalue weighted by molar-refractivity contribution is 6.30. The number of benzene rings is 2. The monoisotopic (exact) mass is 351 g/mol. The van der Waals surface area contributed by atoms with Crippen LogP contribution in [-0.4, -0.2) is 17.1 Å². The van der Waals surface area contributed by atoms with Crippen LogP contribution in [0, 0.1) is 0 Å². The van der Waals surface area contributed by atoms with Crippen molar-refractivity contribution in [1.82, 2.24) is 10.4 Å². The Morgan fingerprint density at radius 1 is 1.08 bits per heavy atom. The lowest BCUT2D eigenvalue weighted by atomic mass is 10.2. The highest BCUT2D eigenvalue weighted by atomic mass is 35.5. The second-order valence-electron chi connectivity index (χ2n) is 5.07. The number of rotatable bonds is 5. The summed E-state index contributed by atoms with van der Waals surface area (Å²) in [6.45, 7) is 0. The van der Waals surface area contributed by atoms with Crippen molar-refractivity contribution in [2.24, 2.45) is 5.10 Å². The summed E-state index contributed by atoms with van der Waals surface area (Å²) in [4.78, 5) is 15.8. The summed E-state index contributed by atoms with van der Waals surface area (Å²) in [5.74, 6) is 1.02. The van der Waals surface area contributed by atoms with Crippen molar-refractivity contribution in [2.75, 3.05) is 0 Å². The molecule has 25 heavy (non-hydrogen) atoms. The van der Waals surface area contributed by atoms with Crippen LogP contribution in [0.25, 0.3) is 0 Å². The minimum atomic E-state index is -0.321. The molecule has 6 heteroatoms. The van der Waals surface area contributed by atoms with Crippen LogP contribution in [0.15, 0.2) is 78.2 Å². The summed E-state index contributed by atoms with van der Waals surface area (Å²) >= 11 is 5.86. The van der Waals surface area contributed by atoms with E-state index in [-0.39, 0.29) is 5.91 Å². The van der Waals surface area contributed by atoms with Gasteiger partial charge in [-0.25, -0.2) is 5.43 Å². The van der Waals surface area contributed by atoms with E-state index in [2.05, 4.69) is 15.5 Å². The number of hydrazone groups is 1. The molecule has 0 spiro atoms. The maximum Gasteiger partial charge on any atom is 0.272 e. The lowest BCUT2D eigenvalue weighted by Crippen LogP contribution is -2.17. The first-order valence-electron chi connectivity index (χ1n) is 7.47. The van der Waals surface area contributed by atoms with Crippen molar-refractivity contribution >= 4 is 23.7 Å². The van der Waals surface area contributed by atoms with E-state index in [4.69, 9.17) is 16.3 Å². The number of ether oxygens (including phenoxy) is 1. The number of hydrogen-bond acceptors (Lipinski definition) is 4. The fourth-order valence-corrected chi connectivity index (χ4v) is 2.15. The van der Waals surface area contributed by atoms with Gasteiger partial charge >= 0.3 is 0 Å². The van der Waals surface area contributed by atoms with Gasteiger partial charge in [-0.3, -0.25) is 9.78 Å². The molecule has 3 aromatic rings. The molecule has 2 aromatic carbocycles. The van der Waals surface area contributed by atoms with Crippen molar-refractivity contribution in [2.45, 2.75) is 0 Å². The summed E-state index contributed by atoms with van der Waals surface area (Å²) < 4.78 is 5.75. The molecule has 3 rings (SSSR count). The molecule has 0 fully saturated rings. The molecule has 124 valence electrons. The standard InChI is InChI=1S/C19H14ClN3O2/c20-16-6-8-17(9-7-16)25-18-5-1-3-14(11-18)12-22-23-19(24)15-4-2-10-21-13-15/h1-13H,(H,23,24). The number of hydrogen-bond donors (Lipinski definition) is 1. The second kappa shape index (κ2) is 8.08. The Bertz CT molecular complexity index is 881. The van der Waals surface area contributed by atoms with E-state index in [1.807, 2.05) is 24.3 Å². The lowest BCUT2D eigenvalue weighted by molar-refractivity contribution is 0.0955. The Morgan fingerprint density at radius 2 is 1.92 bits per heavy atom. The number of pyridine rings is 1. The predicted molar refractivity (Wildman–Crippen MR) is 97.3 cm³/mol. The Kier molecular flexibility index (Phi) is 5.39. The van der Waals surface area contributed by atoms with Gasteiger partial charge < -0.3 is 4.74 Å². The SMILES string of the molecule is O=C(NN=Cc1cccc(Oc2ccc(Cl)cc2)c1)c1cccnc1. The third-order valence-corrected chi connectivity index (χ3v) is 3.46. The molecule has 0 aliphatic heterocycles. The van der Waals surface area contributed by atoms with E-state index < -0.39 is 0 Å². The van der Waals surface area contributed by atoms with Gasteiger partial charge in [0.15, 0.2) is 0 Å². The first kappa shape index (κ1) is 16.7. The maximum atomic E-state index is 11.9. The minimum absolute atomic E-state index is 0.321. The smallest absolute Gasteiger partial charge is 0.272 e. The summed E-state index contributed by atoms with van der Waals surface area (Å²) in [7, 11) is 0. The second-order valence-corrected chi connectivity index (χ2v) is 5.51. The van der Waals surface area contributed by atoms with Crippen molar-refractivity contribution in [1.29, 1.82) is 0 Å². The van der Waals surface area contributed by atoms with Crippen LogP contribution in [-0.2, 0) is 0 Å². The first-order valence-corrected chi connectivity index (χ1v) is 7.85. The van der Waals surface area contributed by atoms with Crippen LogP contribution in [0.2, 0.25) is 5.02 Å². The van der Waals surface area contributed by atoms with Crippen LogP contribution in [0.1, 0.15) is 15.9 Å². The van der Waals surface area contributed by atoms with E-state index in [9.17, 15) is 4.79 Å². The molecule has 0 atom stereocenters. The molecule has 5 nitrogen and oxygen atoms in total. The van der Waals surface area contributed by atoms with E-state index in [1.54, 1.807) is 48.8 Å². The Hall–Kier alpha value is -3.18. The molecular weight excluding hydrogens is 338 g/mol. The Morgan fingerprint density at radius 3 is 2.68 bits per heavy atom. The zero-order chi connectivity index (χ0) is 17.5. The summed E-state index contributed by atoms with van der Waals surface area (Å²) in [6.07, 6.45) is 4.63. The van der Waals surface area contributed by atoms with Crippen molar-refractivity contribution in [3.05, 3.63) is 89.2 Å². The molecule has 0 bridgehead atoms. The number of aromatic nitrogens is 1. The highest BCUT2D eigenvalue weighted by Gasteiger charge is 2.03. The van der Waals surface area contributed by atoms with Crippen LogP contribution >= 0.6 is 11.6 Å². The molecule has 0 unspecified atom stereocenters. The summed E-state index contributed by atoms with van der Waals surface area (Å²) in [5, 5.41) is 4.60. The number of nitrogens with one attached hydrogen (secondary N) is 1. The van der Waals surface area contributed by atoms with Crippen molar-refractivity contribution in [3.63, 3.8) is 0 Å². The quantitative estimate of drug-likeness (QED) is 0.551. The van der Waals surface area contributed by atoms with E-state index in [0.717, 1.165) is 5.56 Å². The van der Waals surface area contributed by atoms with Gasteiger partial charge in [-0.1, -0.05) is 23.7 Å². The van der Waals surface area contributed by atoms with Crippen molar-refractivity contribution < 1.29 is 9.53 Å². The molecule has 0 aliphatic rings. The van der Waals surface area contributed by atoms with E-state index in [0.29, 0.717) is 22.1 Å². The molecule has 1 heterocycles. The molecule has 0 radical (unpaired) electrons. The number of nitrogens with zero attached hydrogens (tertiary/aromatic N) is 2. The zero-order valence-electron chi connectivity index (χ0n) is 13.1. The van der Waals surface area contributed by atoms with Crippen molar-refractivity contribution in [3.8, 4) is 11.5 Å². The topological polar surface area (TPSA) is 63.6 Å². The summed E-state index contributed by atoms with van der Waals surface area (Å²) in [6, 6.07) is 17.8. The Balaban J connectivity index is 1.63. The minimum Gasteiger partial charge on any atom is -0.457 e. The molecule has 0 saturated heterocycles. The summed E-state index contributed by atoms with van der Waals surface area (Å²) in [5.41, 5.74) is 3.69. The van der Waals surface area contributed by atoms with Crippen LogP contribution < -0.4 is 10.2 Å². The fraction of sp³-hybridized carbons (Fsp3) is 0. The average molecular weight is 352 g/mol. The molecule has 1 aromatic heterocycles. The van der Waals surface area contributed by atoms with Crippen LogP contribution in [0.5, 0.6) is 11.5 Å². The normalized spacial score (nSPS) is 10.6. The molecule has 0 aliphatic carbocycles. The van der Waals surface area contributed by atoms with Gasteiger partial charge in [0.2, 0.25) is 0 Å². The maximum absolute atomic E-state index is 11.9. The van der Waals surface area contributed by atoms with Gasteiger partial charge in [0.1, 0.15) is 11.5 Å². The Labute approximate surface area is 149 Å². The number of halogens is 1. The van der Waals surface area contributed by atoms with Gasteiger partial charge in [-0.2, -0.15) is 5.10 Å². The molecule has 1 amide bonds. The number of amides is 1. The zero-order valence-corrected chi connectivity index (χ0v) is 13.9. The van der Waals surface area contributed by atoms with Gasteiger partial charge in [0.05, 0.1) is 11.8 Å². The molecule has 1 N–H and O–H groups in total.